The topological polar surface area (TPSA) is 29.9 Å². The van der Waals surface area contributed by atoms with Crippen molar-refractivity contribution in [1.82, 2.24) is 9.78 Å². The molecule has 1 aliphatic rings. The Kier molecular flexibility index (Phi) is 3.76. The lowest BCUT2D eigenvalue weighted by Crippen LogP contribution is -2.05. The SMILES string of the molecule is Clc1ccc(Cl)c(-n2nc(Cc3ccccc3)c3c2NCC3)c1. The molecule has 0 bridgehead atoms. The van der Waals surface area contributed by atoms with E-state index in [-0.39, 0.29) is 0 Å². The fourth-order valence-corrected chi connectivity index (χ4v) is 3.36. The van der Waals surface area contributed by atoms with E-state index in [0.29, 0.717) is 10.0 Å². The standard InChI is InChI=1S/C18H15Cl2N3/c19-13-6-7-15(20)17(11-13)23-18-14(8-9-21-18)16(22-23)10-12-4-2-1-3-5-12/h1-7,11,21H,8-10H2. The smallest absolute Gasteiger partial charge is 0.133 e. The number of rotatable bonds is 3. The molecule has 3 aromatic rings. The van der Waals surface area contributed by atoms with Crippen LogP contribution < -0.4 is 5.32 Å². The normalized spacial score (nSPS) is 13.0. The van der Waals surface area contributed by atoms with Crippen LogP contribution in [0.2, 0.25) is 10.0 Å². The van der Waals surface area contributed by atoms with Gasteiger partial charge in [-0.1, -0.05) is 53.5 Å². The van der Waals surface area contributed by atoms with Crippen LogP contribution in [0, 0.1) is 0 Å². The number of hydrogen-bond acceptors (Lipinski definition) is 2. The van der Waals surface area contributed by atoms with Crippen LogP contribution in [0.25, 0.3) is 5.69 Å². The molecule has 0 saturated carbocycles. The molecule has 1 N–H and O–H groups in total. The van der Waals surface area contributed by atoms with E-state index in [1.165, 1.54) is 11.1 Å². The Morgan fingerprint density at radius 3 is 2.74 bits per heavy atom. The lowest BCUT2D eigenvalue weighted by molar-refractivity contribution is 0.840. The number of nitrogens with one attached hydrogen (secondary N) is 1. The highest BCUT2D eigenvalue weighted by Gasteiger charge is 2.24. The van der Waals surface area contributed by atoms with E-state index in [1.54, 1.807) is 12.1 Å². The second kappa shape index (κ2) is 5.91. The van der Waals surface area contributed by atoms with Gasteiger partial charge in [0.05, 0.1) is 16.4 Å². The van der Waals surface area contributed by atoms with Crippen molar-refractivity contribution in [3.05, 3.63) is 75.4 Å². The third-order valence-electron chi connectivity index (χ3n) is 4.08. The molecule has 0 unspecified atom stereocenters. The molecule has 0 amide bonds. The molecule has 23 heavy (non-hydrogen) atoms. The largest absolute Gasteiger partial charge is 0.369 e. The average molecular weight is 344 g/mol. The van der Waals surface area contributed by atoms with Gasteiger partial charge in [-0.15, -0.1) is 0 Å². The van der Waals surface area contributed by atoms with E-state index in [9.17, 15) is 0 Å². The Bertz CT molecular complexity index is 856. The first-order valence-corrected chi connectivity index (χ1v) is 8.32. The maximum Gasteiger partial charge on any atom is 0.133 e. The summed E-state index contributed by atoms with van der Waals surface area (Å²) < 4.78 is 1.88. The Labute approximate surface area is 144 Å². The second-order valence-corrected chi connectivity index (χ2v) is 6.46. The highest BCUT2D eigenvalue weighted by Crippen LogP contribution is 2.33. The van der Waals surface area contributed by atoms with E-state index < -0.39 is 0 Å². The van der Waals surface area contributed by atoms with Crippen LogP contribution in [0.15, 0.2) is 48.5 Å². The summed E-state index contributed by atoms with van der Waals surface area (Å²) in [5, 5.41) is 9.52. The molecule has 0 spiro atoms. The van der Waals surface area contributed by atoms with Gasteiger partial charge in [-0.25, -0.2) is 4.68 Å². The van der Waals surface area contributed by atoms with Gasteiger partial charge in [-0.05, 0) is 30.2 Å². The fraction of sp³-hybridized carbons (Fsp3) is 0.167. The number of benzene rings is 2. The Morgan fingerprint density at radius 2 is 1.91 bits per heavy atom. The van der Waals surface area contributed by atoms with E-state index in [1.807, 2.05) is 16.8 Å². The van der Waals surface area contributed by atoms with Crippen molar-refractivity contribution in [3.8, 4) is 5.69 Å². The summed E-state index contributed by atoms with van der Waals surface area (Å²) >= 11 is 12.5. The zero-order valence-corrected chi connectivity index (χ0v) is 13.9. The first-order valence-electron chi connectivity index (χ1n) is 7.56. The first kappa shape index (κ1) is 14.6. The number of anilines is 1. The molecule has 0 fully saturated rings. The van der Waals surface area contributed by atoms with Gasteiger partial charge in [0.2, 0.25) is 0 Å². The van der Waals surface area contributed by atoms with Gasteiger partial charge in [0.25, 0.3) is 0 Å². The number of halogens is 2. The molecule has 2 aromatic carbocycles. The quantitative estimate of drug-likeness (QED) is 0.744. The second-order valence-electron chi connectivity index (χ2n) is 5.62. The summed E-state index contributed by atoms with van der Waals surface area (Å²) in [7, 11) is 0. The monoisotopic (exact) mass is 343 g/mol. The summed E-state index contributed by atoms with van der Waals surface area (Å²) in [6, 6.07) is 15.8. The Balaban J connectivity index is 1.80. The highest BCUT2D eigenvalue weighted by atomic mass is 35.5. The molecule has 0 atom stereocenters. The van der Waals surface area contributed by atoms with Crippen molar-refractivity contribution in [1.29, 1.82) is 0 Å². The Morgan fingerprint density at radius 1 is 1.09 bits per heavy atom. The number of aromatic nitrogens is 2. The van der Waals surface area contributed by atoms with Crippen LogP contribution in [0.4, 0.5) is 5.82 Å². The zero-order chi connectivity index (χ0) is 15.8. The lowest BCUT2D eigenvalue weighted by Gasteiger charge is -2.08. The van der Waals surface area contributed by atoms with Crippen LogP contribution in [0.1, 0.15) is 16.8 Å². The van der Waals surface area contributed by atoms with Crippen LogP contribution in [-0.2, 0) is 12.8 Å². The van der Waals surface area contributed by atoms with Crippen LogP contribution in [-0.4, -0.2) is 16.3 Å². The maximum atomic E-state index is 6.35. The molecule has 0 saturated heterocycles. The molecule has 1 aliphatic heterocycles. The minimum atomic E-state index is 0.639. The fourth-order valence-electron chi connectivity index (χ4n) is 3.00. The van der Waals surface area contributed by atoms with Crippen molar-refractivity contribution in [2.24, 2.45) is 0 Å². The zero-order valence-electron chi connectivity index (χ0n) is 12.4. The van der Waals surface area contributed by atoms with Crippen LogP contribution >= 0.6 is 23.2 Å². The summed E-state index contributed by atoms with van der Waals surface area (Å²) in [5.41, 5.74) is 4.42. The van der Waals surface area contributed by atoms with Gasteiger partial charge in [-0.3, -0.25) is 0 Å². The van der Waals surface area contributed by atoms with Crippen LogP contribution in [0.5, 0.6) is 0 Å². The molecule has 1 aromatic heterocycles. The van der Waals surface area contributed by atoms with Crippen molar-refractivity contribution in [2.75, 3.05) is 11.9 Å². The van der Waals surface area contributed by atoms with Gasteiger partial charge < -0.3 is 5.32 Å². The predicted molar refractivity (Wildman–Crippen MR) is 95.0 cm³/mol. The summed E-state index contributed by atoms with van der Waals surface area (Å²) in [6.07, 6.45) is 1.80. The molecule has 2 heterocycles. The number of nitrogens with zero attached hydrogens (tertiary/aromatic N) is 2. The lowest BCUT2D eigenvalue weighted by atomic mass is 10.1. The number of fused-ring (bicyclic) bond motifs is 1. The third kappa shape index (κ3) is 2.71. The van der Waals surface area contributed by atoms with Crippen molar-refractivity contribution in [3.63, 3.8) is 0 Å². The molecule has 5 heteroatoms. The maximum absolute atomic E-state index is 6.35. The molecular formula is C18H15Cl2N3. The van der Waals surface area contributed by atoms with E-state index in [2.05, 4.69) is 29.6 Å². The van der Waals surface area contributed by atoms with Crippen molar-refractivity contribution in [2.45, 2.75) is 12.8 Å². The first-order chi connectivity index (χ1) is 11.2. The minimum absolute atomic E-state index is 0.639. The Hall–Kier alpha value is -1.97. The van der Waals surface area contributed by atoms with Gasteiger partial charge in [0, 0.05) is 23.6 Å². The van der Waals surface area contributed by atoms with Gasteiger partial charge in [0.1, 0.15) is 5.82 Å². The highest BCUT2D eigenvalue weighted by molar-refractivity contribution is 6.34. The molecule has 3 nitrogen and oxygen atoms in total. The summed E-state index contributed by atoms with van der Waals surface area (Å²) in [6.45, 7) is 0.924. The molecular weight excluding hydrogens is 329 g/mol. The molecule has 4 rings (SSSR count). The molecule has 0 aliphatic carbocycles. The van der Waals surface area contributed by atoms with Gasteiger partial charge in [-0.2, -0.15) is 5.10 Å². The predicted octanol–water partition coefficient (Wildman–Crippen LogP) is 4.74. The third-order valence-corrected chi connectivity index (χ3v) is 4.64. The van der Waals surface area contributed by atoms with Crippen LogP contribution in [0.3, 0.4) is 0 Å². The van der Waals surface area contributed by atoms with E-state index >= 15 is 0 Å². The van der Waals surface area contributed by atoms with Crippen molar-refractivity contribution >= 4 is 29.0 Å². The average Bonchev–Trinajstić information content (AvgIpc) is 3.15. The summed E-state index contributed by atoms with van der Waals surface area (Å²) in [5.74, 6) is 1.03. The van der Waals surface area contributed by atoms with E-state index in [0.717, 1.165) is 36.6 Å². The summed E-state index contributed by atoms with van der Waals surface area (Å²) in [4.78, 5) is 0. The van der Waals surface area contributed by atoms with Gasteiger partial charge in [0.15, 0.2) is 0 Å². The van der Waals surface area contributed by atoms with Crippen molar-refractivity contribution < 1.29 is 0 Å². The minimum Gasteiger partial charge on any atom is -0.369 e. The number of hydrogen-bond donors (Lipinski definition) is 1. The van der Waals surface area contributed by atoms with E-state index in [4.69, 9.17) is 28.3 Å². The molecule has 116 valence electrons. The molecule has 0 radical (unpaired) electrons. The van der Waals surface area contributed by atoms with Gasteiger partial charge >= 0.3 is 0 Å².